The molecule has 0 unspecified atom stereocenters. The van der Waals surface area contributed by atoms with E-state index in [1.54, 1.807) is 19.6 Å². The highest BCUT2D eigenvalue weighted by molar-refractivity contribution is 7.08. The minimum Gasteiger partial charge on any atom is -0.377 e. The molecule has 2 aromatic rings. The Balaban J connectivity index is 2.23. The minimum absolute atomic E-state index is 0.450. The topological polar surface area (TPSA) is 52.8 Å². The van der Waals surface area contributed by atoms with Crippen LogP contribution in [0.4, 0.5) is 0 Å². The summed E-state index contributed by atoms with van der Waals surface area (Å²) in [6.45, 7) is 0.450. The molecule has 0 aliphatic rings. The van der Waals surface area contributed by atoms with Crippen molar-refractivity contribution in [2.24, 2.45) is 0 Å². The first-order valence-corrected chi connectivity index (χ1v) is 4.47. The summed E-state index contributed by atoms with van der Waals surface area (Å²) in [5.74, 6) is 0.705. The van der Waals surface area contributed by atoms with Crippen molar-refractivity contribution < 1.29 is 4.74 Å². The van der Waals surface area contributed by atoms with Crippen LogP contribution in [0.3, 0.4) is 0 Å². The molecule has 0 radical (unpaired) electrons. The lowest BCUT2D eigenvalue weighted by molar-refractivity contribution is 0.179. The molecule has 0 saturated heterocycles. The summed E-state index contributed by atoms with van der Waals surface area (Å²) in [5.41, 5.74) is 0. The quantitative estimate of drug-likeness (QED) is 0.731. The first-order valence-electron chi connectivity index (χ1n) is 3.70. The molecule has 0 aliphatic carbocycles. The molecule has 13 heavy (non-hydrogen) atoms. The standard InChI is InChI=1S/C7H8N4OS/c1-12-4-6-9-7(13-10-6)11-3-2-8-5-11/h2-3,5H,4H2,1H3. The molecule has 0 aliphatic heterocycles. The molecule has 0 spiro atoms. The van der Waals surface area contributed by atoms with E-state index in [2.05, 4.69) is 14.3 Å². The summed E-state index contributed by atoms with van der Waals surface area (Å²) in [4.78, 5) is 8.17. The van der Waals surface area contributed by atoms with Crippen molar-refractivity contribution >= 4 is 11.5 Å². The number of rotatable bonds is 3. The number of imidazole rings is 1. The lowest BCUT2D eigenvalue weighted by Crippen LogP contribution is -1.92. The van der Waals surface area contributed by atoms with Gasteiger partial charge < -0.3 is 4.74 Å². The molecular formula is C7H8N4OS. The third-order valence-corrected chi connectivity index (χ3v) is 2.22. The van der Waals surface area contributed by atoms with Crippen LogP contribution in [0, 0.1) is 0 Å². The fraction of sp³-hybridized carbons (Fsp3) is 0.286. The largest absolute Gasteiger partial charge is 0.377 e. The van der Waals surface area contributed by atoms with E-state index in [1.807, 2.05) is 10.8 Å². The molecule has 68 valence electrons. The second-order valence-corrected chi connectivity index (χ2v) is 3.13. The molecule has 0 bridgehead atoms. The third-order valence-electron chi connectivity index (χ3n) is 1.46. The average Bonchev–Trinajstić information content (AvgIpc) is 2.70. The third kappa shape index (κ3) is 1.73. The molecule has 2 heterocycles. The highest BCUT2D eigenvalue weighted by Crippen LogP contribution is 2.10. The summed E-state index contributed by atoms with van der Waals surface area (Å²) in [6.07, 6.45) is 5.23. The SMILES string of the molecule is COCc1nsc(-n2ccnc2)n1. The van der Waals surface area contributed by atoms with Crippen LogP contribution in [-0.2, 0) is 11.3 Å². The number of ether oxygens (including phenoxy) is 1. The monoisotopic (exact) mass is 196 g/mol. The lowest BCUT2D eigenvalue weighted by Gasteiger charge is -1.91. The Morgan fingerprint density at radius 3 is 3.23 bits per heavy atom. The van der Waals surface area contributed by atoms with Crippen molar-refractivity contribution in [1.82, 2.24) is 18.9 Å². The van der Waals surface area contributed by atoms with Crippen LogP contribution < -0.4 is 0 Å². The molecule has 0 N–H and O–H groups in total. The molecule has 2 rings (SSSR count). The summed E-state index contributed by atoms with van der Waals surface area (Å²) < 4.78 is 10.9. The van der Waals surface area contributed by atoms with Crippen molar-refractivity contribution in [3.8, 4) is 5.13 Å². The summed E-state index contributed by atoms with van der Waals surface area (Å²) in [7, 11) is 1.62. The van der Waals surface area contributed by atoms with E-state index in [4.69, 9.17) is 4.74 Å². The van der Waals surface area contributed by atoms with Gasteiger partial charge in [-0.25, -0.2) is 9.97 Å². The fourth-order valence-corrected chi connectivity index (χ4v) is 1.54. The van der Waals surface area contributed by atoms with E-state index in [0.717, 1.165) is 5.13 Å². The predicted octanol–water partition coefficient (Wildman–Crippen LogP) is 0.870. The number of methoxy groups -OCH3 is 1. The van der Waals surface area contributed by atoms with Gasteiger partial charge in [0.1, 0.15) is 12.9 Å². The number of hydrogen-bond acceptors (Lipinski definition) is 5. The lowest BCUT2D eigenvalue weighted by atomic mass is 10.7. The molecule has 0 atom stereocenters. The summed E-state index contributed by atoms with van der Waals surface area (Å²) in [5, 5.41) is 0.810. The van der Waals surface area contributed by atoms with Crippen molar-refractivity contribution in [1.29, 1.82) is 0 Å². The maximum absolute atomic E-state index is 4.92. The number of aromatic nitrogens is 4. The van der Waals surface area contributed by atoms with Gasteiger partial charge in [-0.15, -0.1) is 0 Å². The van der Waals surface area contributed by atoms with Crippen molar-refractivity contribution in [2.75, 3.05) is 7.11 Å². The zero-order chi connectivity index (χ0) is 9.10. The Morgan fingerprint density at radius 2 is 2.54 bits per heavy atom. The van der Waals surface area contributed by atoms with Crippen molar-refractivity contribution in [3.05, 3.63) is 24.5 Å². The molecule has 0 saturated carbocycles. The second-order valence-electron chi connectivity index (χ2n) is 2.40. The van der Waals surface area contributed by atoms with Crippen molar-refractivity contribution in [3.63, 3.8) is 0 Å². The van der Waals surface area contributed by atoms with Crippen LogP contribution in [0.15, 0.2) is 18.7 Å². The molecule has 0 fully saturated rings. The van der Waals surface area contributed by atoms with Crippen LogP contribution in [0.25, 0.3) is 5.13 Å². The van der Waals surface area contributed by atoms with Gasteiger partial charge in [-0.1, -0.05) is 0 Å². The van der Waals surface area contributed by atoms with Gasteiger partial charge in [-0.2, -0.15) is 4.37 Å². The first kappa shape index (κ1) is 8.33. The van der Waals surface area contributed by atoms with Gasteiger partial charge in [0.15, 0.2) is 5.82 Å². The first-order chi connectivity index (χ1) is 6.40. The summed E-state index contributed by atoms with van der Waals surface area (Å²) in [6, 6.07) is 0. The zero-order valence-electron chi connectivity index (χ0n) is 7.04. The van der Waals surface area contributed by atoms with E-state index >= 15 is 0 Å². The highest BCUT2D eigenvalue weighted by atomic mass is 32.1. The average molecular weight is 196 g/mol. The Labute approximate surface area is 79.2 Å². The van der Waals surface area contributed by atoms with Gasteiger partial charge >= 0.3 is 0 Å². The van der Waals surface area contributed by atoms with Crippen LogP contribution in [0.1, 0.15) is 5.82 Å². The van der Waals surface area contributed by atoms with Gasteiger partial charge in [-0.05, 0) is 0 Å². The van der Waals surface area contributed by atoms with Gasteiger partial charge in [0.2, 0.25) is 5.13 Å². The zero-order valence-corrected chi connectivity index (χ0v) is 7.86. The predicted molar refractivity (Wildman–Crippen MR) is 47.7 cm³/mol. The Morgan fingerprint density at radius 1 is 1.62 bits per heavy atom. The van der Waals surface area contributed by atoms with Gasteiger partial charge in [0, 0.05) is 31.0 Å². The van der Waals surface area contributed by atoms with Gasteiger partial charge in [0.25, 0.3) is 0 Å². The second kappa shape index (κ2) is 3.63. The molecule has 0 amide bonds. The Kier molecular flexibility index (Phi) is 2.33. The highest BCUT2D eigenvalue weighted by Gasteiger charge is 2.03. The molecule has 6 heteroatoms. The van der Waals surface area contributed by atoms with E-state index in [1.165, 1.54) is 11.5 Å². The van der Waals surface area contributed by atoms with Crippen LogP contribution in [-0.4, -0.2) is 26.0 Å². The minimum atomic E-state index is 0.450. The van der Waals surface area contributed by atoms with E-state index in [0.29, 0.717) is 12.4 Å². The maximum Gasteiger partial charge on any atom is 0.214 e. The number of hydrogen-bond donors (Lipinski definition) is 0. The van der Waals surface area contributed by atoms with Gasteiger partial charge in [0.05, 0.1) is 0 Å². The molecule has 2 aromatic heterocycles. The van der Waals surface area contributed by atoms with Crippen LogP contribution in [0.2, 0.25) is 0 Å². The fourth-order valence-electron chi connectivity index (χ4n) is 0.910. The smallest absolute Gasteiger partial charge is 0.214 e. The van der Waals surface area contributed by atoms with E-state index < -0.39 is 0 Å². The number of nitrogens with zero attached hydrogens (tertiary/aromatic N) is 4. The molecule has 0 aromatic carbocycles. The Bertz CT molecular complexity index is 370. The summed E-state index contributed by atoms with van der Waals surface area (Å²) >= 11 is 1.33. The van der Waals surface area contributed by atoms with E-state index in [-0.39, 0.29) is 0 Å². The Hall–Kier alpha value is -1.27. The van der Waals surface area contributed by atoms with E-state index in [9.17, 15) is 0 Å². The van der Waals surface area contributed by atoms with Crippen molar-refractivity contribution in [2.45, 2.75) is 6.61 Å². The van der Waals surface area contributed by atoms with Gasteiger partial charge in [-0.3, -0.25) is 4.57 Å². The van der Waals surface area contributed by atoms with Crippen LogP contribution >= 0.6 is 11.5 Å². The normalized spacial score (nSPS) is 10.5. The van der Waals surface area contributed by atoms with Crippen LogP contribution in [0.5, 0.6) is 0 Å². The molecule has 5 nitrogen and oxygen atoms in total. The molecular weight excluding hydrogens is 188 g/mol. The maximum atomic E-state index is 4.92.